The van der Waals surface area contributed by atoms with E-state index in [4.69, 9.17) is 11.9 Å². The van der Waals surface area contributed by atoms with Gasteiger partial charge in [0.25, 0.3) is 0 Å². The summed E-state index contributed by atoms with van der Waals surface area (Å²) < 4.78 is 4.06. The Bertz CT molecular complexity index is 102. The third-order valence-corrected chi connectivity index (χ3v) is 0.537. The van der Waals surface area contributed by atoms with E-state index in [2.05, 4.69) is 9.28 Å². The molecule has 0 spiro atoms. The number of amides is 1. The van der Waals surface area contributed by atoms with Crippen LogP contribution >= 0.6 is 11.9 Å². The van der Waals surface area contributed by atoms with Crippen LogP contribution in [0, 0.1) is 0 Å². The number of nitrogens with zero attached hydrogens (tertiary/aromatic N) is 1. The Morgan fingerprint density at radius 3 is 3.00 bits per heavy atom. The predicted molar refractivity (Wildman–Crippen MR) is 31.0 cm³/mol. The van der Waals surface area contributed by atoms with E-state index in [0.717, 1.165) is 0 Å². The number of hydrogen-bond donors (Lipinski definition) is 0. The first-order chi connectivity index (χ1) is 3.77. The first-order valence-electron chi connectivity index (χ1n) is 2.04. The maximum Gasteiger partial charge on any atom is 0.242 e. The highest BCUT2D eigenvalue weighted by Crippen LogP contribution is 1.75. The Hall–Kier alpha value is -0.410. The second-order valence-electron chi connectivity index (χ2n) is 1.11. The Morgan fingerprint density at radius 1 is 2.00 bits per heavy atom. The van der Waals surface area contributed by atoms with Crippen LogP contribution in [-0.2, 0) is 9.08 Å². The van der Waals surface area contributed by atoms with E-state index in [-0.39, 0.29) is 12.5 Å². The van der Waals surface area contributed by atoms with Gasteiger partial charge < -0.3 is 0 Å². The molecule has 1 amide bonds. The second-order valence-corrected chi connectivity index (χ2v) is 1.32. The summed E-state index contributed by atoms with van der Waals surface area (Å²) in [6.45, 7) is 1.52. The van der Waals surface area contributed by atoms with Gasteiger partial charge >= 0.3 is 0 Å². The standard InChI is InChI=1S/C4H6ClNO2/c1-4(7)6-2-3-8-5/h2H,3H2,1H3. The Morgan fingerprint density at radius 2 is 2.62 bits per heavy atom. The molecule has 3 nitrogen and oxygen atoms in total. The molecular formula is C4H6ClNO2. The zero-order valence-electron chi connectivity index (χ0n) is 4.43. The van der Waals surface area contributed by atoms with Crippen LogP contribution in [0.4, 0.5) is 0 Å². The summed E-state index contributed by atoms with van der Waals surface area (Å²) in [7, 11) is 0. The van der Waals surface area contributed by atoms with Crippen LogP contribution in [0.25, 0.3) is 0 Å². The molecule has 0 unspecified atom stereocenters. The Labute approximate surface area is 52.5 Å². The lowest BCUT2D eigenvalue weighted by atomic mass is 10.7. The van der Waals surface area contributed by atoms with Crippen LogP contribution in [0.1, 0.15) is 6.92 Å². The van der Waals surface area contributed by atoms with Gasteiger partial charge in [-0.2, -0.15) is 0 Å². The molecule has 0 heterocycles. The van der Waals surface area contributed by atoms with Crippen molar-refractivity contribution >= 4 is 24.0 Å². The molecule has 0 saturated heterocycles. The first kappa shape index (κ1) is 7.59. The van der Waals surface area contributed by atoms with E-state index in [1.54, 1.807) is 0 Å². The molecule has 0 fully saturated rings. The molecule has 8 heavy (non-hydrogen) atoms. The summed E-state index contributed by atoms with van der Waals surface area (Å²) >= 11 is 4.78. The van der Waals surface area contributed by atoms with Gasteiger partial charge in [0.05, 0.1) is 11.9 Å². The summed E-state index contributed by atoms with van der Waals surface area (Å²) in [5, 5.41) is 0. The number of rotatable bonds is 2. The molecule has 0 aromatic rings. The summed E-state index contributed by atoms with van der Waals surface area (Å²) in [4.78, 5) is 13.4. The minimum Gasteiger partial charge on any atom is -0.273 e. The highest BCUT2D eigenvalue weighted by molar-refractivity contribution is 6.08. The molecule has 0 saturated carbocycles. The molecule has 0 aromatic heterocycles. The molecule has 4 heteroatoms. The topological polar surface area (TPSA) is 38.7 Å². The van der Waals surface area contributed by atoms with E-state index in [1.807, 2.05) is 0 Å². The van der Waals surface area contributed by atoms with Crippen molar-refractivity contribution in [2.24, 2.45) is 4.99 Å². The van der Waals surface area contributed by atoms with Gasteiger partial charge in [0.15, 0.2) is 0 Å². The number of hydrogen-bond acceptors (Lipinski definition) is 2. The van der Waals surface area contributed by atoms with Crippen LogP contribution in [-0.4, -0.2) is 18.7 Å². The van der Waals surface area contributed by atoms with E-state index in [9.17, 15) is 4.79 Å². The van der Waals surface area contributed by atoms with Crippen LogP contribution in [0.3, 0.4) is 0 Å². The van der Waals surface area contributed by atoms with Crippen molar-refractivity contribution in [1.29, 1.82) is 0 Å². The lowest BCUT2D eigenvalue weighted by Crippen LogP contribution is -1.88. The largest absolute Gasteiger partial charge is 0.273 e. The van der Waals surface area contributed by atoms with Gasteiger partial charge in [-0.15, -0.1) is 0 Å². The minimum absolute atomic E-state index is 0.168. The molecular weight excluding hydrogens is 130 g/mol. The Balaban J connectivity index is 3.20. The fourth-order valence-electron chi connectivity index (χ4n) is 0.194. The quantitative estimate of drug-likeness (QED) is 0.525. The number of carbonyl (C=O) groups excluding carboxylic acids is 1. The molecule has 0 atom stereocenters. The summed E-state index contributed by atoms with van der Waals surface area (Å²) in [5.74, 6) is -0.251. The lowest BCUT2D eigenvalue weighted by molar-refractivity contribution is -0.115. The number of halogens is 1. The third-order valence-electron chi connectivity index (χ3n) is 0.411. The van der Waals surface area contributed by atoms with Gasteiger partial charge in [0.1, 0.15) is 6.61 Å². The van der Waals surface area contributed by atoms with Crippen molar-refractivity contribution in [2.75, 3.05) is 6.61 Å². The molecule has 0 bridgehead atoms. The maximum absolute atomic E-state index is 10.0. The van der Waals surface area contributed by atoms with E-state index < -0.39 is 0 Å². The average molecular weight is 136 g/mol. The monoisotopic (exact) mass is 135 g/mol. The summed E-state index contributed by atoms with van der Waals surface area (Å²) in [5.41, 5.74) is 0. The van der Waals surface area contributed by atoms with Crippen molar-refractivity contribution in [2.45, 2.75) is 6.92 Å². The molecule has 0 aromatic carbocycles. The van der Waals surface area contributed by atoms with Crippen LogP contribution in [0.15, 0.2) is 4.99 Å². The molecule has 0 aliphatic heterocycles. The fourth-order valence-corrected chi connectivity index (χ4v) is 0.250. The van der Waals surface area contributed by atoms with E-state index >= 15 is 0 Å². The van der Waals surface area contributed by atoms with Gasteiger partial charge in [-0.05, 0) is 0 Å². The van der Waals surface area contributed by atoms with Crippen LogP contribution in [0.5, 0.6) is 0 Å². The third kappa shape index (κ3) is 5.59. The molecule has 46 valence electrons. The maximum atomic E-state index is 10.0. The zero-order valence-corrected chi connectivity index (χ0v) is 5.18. The second kappa shape index (κ2) is 4.74. The molecule has 0 aliphatic carbocycles. The van der Waals surface area contributed by atoms with Crippen molar-refractivity contribution < 1.29 is 9.08 Å². The van der Waals surface area contributed by atoms with Gasteiger partial charge in [0, 0.05) is 13.1 Å². The van der Waals surface area contributed by atoms with Gasteiger partial charge in [0.2, 0.25) is 5.91 Å². The first-order valence-corrected chi connectivity index (χ1v) is 2.35. The normalized spacial score (nSPS) is 10.2. The van der Waals surface area contributed by atoms with Crippen LogP contribution < -0.4 is 0 Å². The number of carbonyl (C=O) groups is 1. The summed E-state index contributed by atoms with van der Waals surface area (Å²) in [6, 6.07) is 0. The fraction of sp³-hybridized carbons (Fsp3) is 0.500. The van der Waals surface area contributed by atoms with E-state index in [1.165, 1.54) is 13.1 Å². The van der Waals surface area contributed by atoms with Crippen molar-refractivity contribution in [3.05, 3.63) is 0 Å². The van der Waals surface area contributed by atoms with Gasteiger partial charge in [-0.25, -0.2) is 4.99 Å². The lowest BCUT2D eigenvalue weighted by Gasteiger charge is -1.80. The minimum atomic E-state index is -0.251. The Kier molecular flexibility index (Phi) is 4.50. The van der Waals surface area contributed by atoms with Crippen molar-refractivity contribution in [3.8, 4) is 0 Å². The van der Waals surface area contributed by atoms with Gasteiger partial charge in [-0.3, -0.25) is 9.08 Å². The molecule has 0 rings (SSSR count). The average Bonchev–Trinajstić information content (AvgIpc) is 1.66. The SMILES string of the molecule is CC(=O)N=CCOCl. The van der Waals surface area contributed by atoms with E-state index in [0.29, 0.717) is 0 Å². The molecule has 0 radical (unpaired) electrons. The number of aliphatic imine (C=N–C) groups is 1. The van der Waals surface area contributed by atoms with Gasteiger partial charge in [-0.1, -0.05) is 0 Å². The highest BCUT2D eigenvalue weighted by atomic mass is 35.5. The summed E-state index contributed by atoms with van der Waals surface area (Å²) in [6.07, 6.45) is 1.30. The molecule has 0 N–H and O–H groups in total. The smallest absolute Gasteiger partial charge is 0.242 e. The zero-order chi connectivity index (χ0) is 6.41. The van der Waals surface area contributed by atoms with Crippen molar-refractivity contribution in [3.63, 3.8) is 0 Å². The molecule has 0 aliphatic rings. The predicted octanol–water partition coefficient (Wildman–Crippen LogP) is 0.774. The highest BCUT2D eigenvalue weighted by Gasteiger charge is 1.79. The van der Waals surface area contributed by atoms with Crippen LogP contribution in [0.2, 0.25) is 0 Å². The van der Waals surface area contributed by atoms with Crippen molar-refractivity contribution in [1.82, 2.24) is 0 Å².